The molecule has 0 aliphatic heterocycles. The van der Waals surface area contributed by atoms with E-state index in [1.165, 1.54) is 11.1 Å². The van der Waals surface area contributed by atoms with Gasteiger partial charge in [0.2, 0.25) is 0 Å². The highest BCUT2D eigenvalue weighted by atomic mass is 14.9. The topological polar surface area (TPSA) is 24.9 Å². The number of hydrogen-bond donors (Lipinski definition) is 1. The number of hydrogen-bond acceptors (Lipinski definition) is 2. The number of nitrogens with one attached hydrogen (secondary N) is 1. The molecule has 2 heteroatoms. The quantitative estimate of drug-likeness (QED) is 0.863. The molecule has 88 valence electrons. The lowest BCUT2D eigenvalue weighted by Crippen LogP contribution is -2.22. The van der Waals surface area contributed by atoms with Crippen LogP contribution in [0.15, 0.2) is 54.9 Å². The van der Waals surface area contributed by atoms with Crippen LogP contribution in [0.25, 0.3) is 0 Å². The van der Waals surface area contributed by atoms with Crippen molar-refractivity contribution in [3.63, 3.8) is 0 Å². The molecule has 0 saturated heterocycles. The van der Waals surface area contributed by atoms with E-state index in [0.717, 1.165) is 0 Å². The summed E-state index contributed by atoms with van der Waals surface area (Å²) in [7, 11) is 0. The minimum atomic E-state index is 0.327. The number of rotatable bonds is 4. The molecule has 0 amide bonds. The van der Waals surface area contributed by atoms with Crippen molar-refractivity contribution in [2.75, 3.05) is 0 Å². The smallest absolute Gasteiger partial charge is 0.0298 e. The Morgan fingerprint density at radius 2 is 1.35 bits per heavy atom. The number of nitrogens with zero attached hydrogens (tertiary/aromatic N) is 1. The average molecular weight is 226 g/mol. The summed E-state index contributed by atoms with van der Waals surface area (Å²) in [6, 6.07) is 15.3. The summed E-state index contributed by atoms with van der Waals surface area (Å²) in [6.45, 7) is 4.36. The Labute approximate surface area is 103 Å². The van der Waals surface area contributed by atoms with Crippen molar-refractivity contribution in [3.05, 3.63) is 66.0 Å². The van der Waals surface area contributed by atoms with Gasteiger partial charge in [-0.25, -0.2) is 0 Å². The van der Waals surface area contributed by atoms with Crippen LogP contribution in [0.2, 0.25) is 0 Å². The SMILES string of the molecule is C[C@H](N[C@H](C)c1ccccc1)c1ccncc1. The number of pyridine rings is 1. The van der Waals surface area contributed by atoms with E-state index in [2.05, 4.69) is 60.5 Å². The third-order valence-corrected chi connectivity index (χ3v) is 3.01. The molecule has 2 nitrogen and oxygen atoms in total. The van der Waals surface area contributed by atoms with Gasteiger partial charge in [0, 0.05) is 24.5 Å². The van der Waals surface area contributed by atoms with Gasteiger partial charge in [0.1, 0.15) is 0 Å². The van der Waals surface area contributed by atoms with Crippen molar-refractivity contribution in [1.29, 1.82) is 0 Å². The van der Waals surface area contributed by atoms with Gasteiger partial charge in [-0.05, 0) is 37.1 Å². The Balaban J connectivity index is 2.02. The Hall–Kier alpha value is -1.67. The lowest BCUT2D eigenvalue weighted by atomic mass is 10.1. The lowest BCUT2D eigenvalue weighted by Gasteiger charge is -2.20. The maximum Gasteiger partial charge on any atom is 0.0298 e. The lowest BCUT2D eigenvalue weighted by molar-refractivity contribution is 0.494. The summed E-state index contributed by atoms with van der Waals surface area (Å²) < 4.78 is 0. The van der Waals surface area contributed by atoms with Gasteiger partial charge in [0.15, 0.2) is 0 Å². The molecule has 0 saturated carbocycles. The fraction of sp³-hybridized carbons (Fsp3) is 0.267. The highest BCUT2D eigenvalue weighted by molar-refractivity contribution is 5.20. The van der Waals surface area contributed by atoms with E-state index in [1.807, 2.05) is 18.5 Å². The molecule has 0 radical (unpaired) electrons. The molecule has 1 aromatic carbocycles. The van der Waals surface area contributed by atoms with Crippen LogP contribution >= 0.6 is 0 Å². The van der Waals surface area contributed by atoms with Gasteiger partial charge < -0.3 is 5.32 Å². The van der Waals surface area contributed by atoms with E-state index in [4.69, 9.17) is 0 Å². The monoisotopic (exact) mass is 226 g/mol. The van der Waals surface area contributed by atoms with Gasteiger partial charge in [-0.1, -0.05) is 30.3 Å². The summed E-state index contributed by atoms with van der Waals surface area (Å²) in [6.07, 6.45) is 3.67. The maximum absolute atomic E-state index is 4.04. The Bertz CT molecular complexity index is 395. The normalized spacial score (nSPS) is 14.2. The first kappa shape index (κ1) is 11.8. The van der Waals surface area contributed by atoms with Crippen LogP contribution in [0.1, 0.15) is 37.1 Å². The zero-order chi connectivity index (χ0) is 12.1. The molecular weight excluding hydrogens is 208 g/mol. The molecule has 1 N–H and O–H groups in total. The summed E-state index contributed by atoms with van der Waals surface area (Å²) in [5.74, 6) is 0. The molecule has 2 rings (SSSR count). The molecule has 1 aromatic heterocycles. The van der Waals surface area contributed by atoms with Crippen LogP contribution in [0.4, 0.5) is 0 Å². The number of benzene rings is 1. The zero-order valence-electron chi connectivity index (χ0n) is 10.3. The largest absolute Gasteiger partial charge is 0.304 e. The average Bonchev–Trinajstić information content (AvgIpc) is 2.40. The fourth-order valence-electron chi connectivity index (χ4n) is 1.96. The van der Waals surface area contributed by atoms with Crippen molar-refractivity contribution in [3.8, 4) is 0 Å². The van der Waals surface area contributed by atoms with E-state index in [-0.39, 0.29) is 0 Å². The molecule has 0 spiro atoms. The molecule has 17 heavy (non-hydrogen) atoms. The van der Waals surface area contributed by atoms with E-state index >= 15 is 0 Å². The second-order valence-corrected chi connectivity index (χ2v) is 4.30. The van der Waals surface area contributed by atoms with Crippen LogP contribution in [0.3, 0.4) is 0 Å². The molecule has 1 heterocycles. The summed E-state index contributed by atoms with van der Waals surface area (Å²) >= 11 is 0. The predicted molar refractivity (Wildman–Crippen MR) is 70.6 cm³/mol. The fourth-order valence-corrected chi connectivity index (χ4v) is 1.96. The van der Waals surface area contributed by atoms with Crippen molar-refractivity contribution >= 4 is 0 Å². The van der Waals surface area contributed by atoms with E-state index < -0.39 is 0 Å². The highest BCUT2D eigenvalue weighted by Crippen LogP contribution is 2.18. The molecule has 0 bridgehead atoms. The van der Waals surface area contributed by atoms with Crippen LogP contribution in [0, 0.1) is 0 Å². The van der Waals surface area contributed by atoms with Crippen LogP contribution in [-0.4, -0.2) is 4.98 Å². The zero-order valence-corrected chi connectivity index (χ0v) is 10.3. The Morgan fingerprint density at radius 1 is 0.824 bits per heavy atom. The van der Waals surface area contributed by atoms with Gasteiger partial charge in [0.25, 0.3) is 0 Å². The Kier molecular flexibility index (Phi) is 3.89. The van der Waals surface area contributed by atoms with Crippen molar-refractivity contribution < 1.29 is 0 Å². The second kappa shape index (κ2) is 5.60. The molecule has 2 atom stereocenters. The summed E-state index contributed by atoms with van der Waals surface area (Å²) in [4.78, 5) is 4.04. The maximum atomic E-state index is 4.04. The molecular formula is C15H18N2. The van der Waals surface area contributed by atoms with Crippen molar-refractivity contribution in [1.82, 2.24) is 10.3 Å². The molecule has 0 aliphatic carbocycles. The third-order valence-electron chi connectivity index (χ3n) is 3.01. The van der Waals surface area contributed by atoms with Crippen LogP contribution < -0.4 is 5.32 Å². The standard InChI is InChI=1S/C15H18N2/c1-12(14-6-4-3-5-7-14)17-13(2)15-8-10-16-11-9-15/h3-13,17H,1-2H3/t12-,13+/m1/s1. The van der Waals surface area contributed by atoms with Gasteiger partial charge in [-0.3, -0.25) is 4.98 Å². The van der Waals surface area contributed by atoms with E-state index in [9.17, 15) is 0 Å². The summed E-state index contributed by atoms with van der Waals surface area (Å²) in [5.41, 5.74) is 2.58. The van der Waals surface area contributed by atoms with E-state index in [1.54, 1.807) is 0 Å². The first-order chi connectivity index (χ1) is 8.27. The molecule has 0 unspecified atom stereocenters. The van der Waals surface area contributed by atoms with Gasteiger partial charge in [0.05, 0.1) is 0 Å². The van der Waals surface area contributed by atoms with E-state index in [0.29, 0.717) is 12.1 Å². The third kappa shape index (κ3) is 3.14. The van der Waals surface area contributed by atoms with Crippen LogP contribution in [-0.2, 0) is 0 Å². The van der Waals surface area contributed by atoms with Crippen LogP contribution in [0.5, 0.6) is 0 Å². The van der Waals surface area contributed by atoms with Crippen molar-refractivity contribution in [2.45, 2.75) is 25.9 Å². The van der Waals surface area contributed by atoms with Crippen molar-refractivity contribution in [2.24, 2.45) is 0 Å². The van der Waals surface area contributed by atoms with Gasteiger partial charge in [-0.2, -0.15) is 0 Å². The molecule has 0 aliphatic rings. The molecule has 0 fully saturated rings. The van der Waals surface area contributed by atoms with Gasteiger partial charge >= 0.3 is 0 Å². The minimum absolute atomic E-state index is 0.327. The molecule has 2 aromatic rings. The Morgan fingerprint density at radius 3 is 1.94 bits per heavy atom. The first-order valence-corrected chi connectivity index (χ1v) is 5.98. The number of aromatic nitrogens is 1. The summed E-state index contributed by atoms with van der Waals surface area (Å²) in [5, 5.41) is 3.58. The minimum Gasteiger partial charge on any atom is -0.304 e. The second-order valence-electron chi connectivity index (χ2n) is 4.30. The first-order valence-electron chi connectivity index (χ1n) is 5.98. The van der Waals surface area contributed by atoms with Gasteiger partial charge in [-0.15, -0.1) is 0 Å². The predicted octanol–water partition coefficient (Wildman–Crippen LogP) is 3.49. The highest BCUT2D eigenvalue weighted by Gasteiger charge is 2.10.